The normalized spacial score (nSPS) is 15.7. The molecule has 0 fully saturated rings. The van der Waals surface area contributed by atoms with Crippen LogP contribution in [0.5, 0.6) is 0 Å². The van der Waals surface area contributed by atoms with Crippen molar-refractivity contribution in [3.8, 4) is 0 Å². The second-order valence-electron chi connectivity index (χ2n) is 5.29. The fraction of sp³-hybridized carbons (Fsp3) is 0.750. The van der Waals surface area contributed by atoms with E-state index in [1.54, 1.807) is 34.9 Å². The van der Waals surface area contributed by atoms with E-state index in [1.807, 2.05) is 0 Å². The van der Waals surface area contributed by atoms with Crippen molar-refractivity contribution in [2.24, 2.45) is 0 Å². The number of esters is 1. The molecule has 2 atom stereocenters. The summed E-state index contributed by atoms with van der Waals surface area (Å²) >= 11 is 0. The van der Waals surface area contributed by atoms with Gasteiger partial charge in [0.1, 0.15) is 11.8 Å². The Morgan fingerprint density at radius 2 is 1.89 bits per heavy atom. The lowest BCUT2D eigenvalue weighted by atomic mass is 10.2. The first kappa shape index (κ1) is 18.1. The number of rotatable bonds is 7. The maximum atomic E-state index is 11.5. The lowest BCUT2D eigenvalue weighted by Gasteiger charge is -2.36. The molecule has 0 heterocycles. The molecule has 112 valence electrons. The van der Waals surface area contributed by atoms with E-state index in [-0.39, 0.29) is 16.6 Å². The zero-order chi connectivity index (χ0) is 15.4. The number of quaternary nitrogens is 1. The van der Waals surface area contributed by atoms with Gasteiger partial charge in [-0.3, -0.25) is 9.04 Å². The lowest BCUT2D eigenvalue weighted by molar-refractivity contribution is -0.932. The molecule has 0 saturated carbocycles. The molecule has 0 saturated heterocycles. The Morgan fingerprint density at radius 3 is 2.21 bits per heavy atom. The number of ether oxygens (including phenoxy) is 1. The molecule has 0 aromatic rings. The van der Waals surface area contributed by atoms with Gasteiger partial charge in [0.05, 0.1) is 14.1 Å². The Bertz CT molecular complexity index is 441. The van der Waals surface area contributed by atoms with E-state index in [0.29, 0.717) is 6.42 Å². The highest BCUT2D eigenvalue weighted by Crippen LogP contribution is 2.15. The molecule has 6 nitrogen and oxygen atoms in total. The fourth-order valence-electron chi connectivity index (χ4n) is 1.51. The second-order valence-corrected chi connectivity index (χ2v) is 6.99. The number of nitrogens with zero attached hydrogens (tertiary/aromatic N) is 1. The van der Waals surface area contributed by atoms with Crippen LogP contribution in [-0.2, 0) is 19.6 Å². The minimum atomic E-state index is -4.10. The zero-order valence-corrected chi connectivity index (χ0v) is 13.0. The van der Waals surface area contributed by atoms with Crippen LogP contribution in [0.25, 0.3) is 0 Å². The molecule has 0 aliphatic rings. The van der Waals surface area contributed by atoms with Crippen molar-refractivity contribution >= 4 is 16.1 Å². The summed E-state index contributed by atoms with van der Waals surface area (Å²) in [7, 11) is -0.620. The van der Waals surface area contributed by atoms with Gasteiger partial charge in [0.2, 0.25) is 6.23 Å². The smallest absolute Gasteiger partial charge is 0.337 e. The summed E-state index contributed by atoms with van der Waals surface area (Å²) in [6.45, 7) is 8.55. The van der Waals surface area contributed by atoms with Gasteiger partial charge in [-0.15, -0.1) is 0 Å². The Hall–Kier alpha value is -0.920. The summed E-state index contributed by atoms with van der Waals surface area (Å²) < 4.78 is 36.9. The van der Waals surface area contributed by atoms with Crippen LogP contribution in [0.4, 0.5) is 0 Å². The molecule has 7 heteroatoms. The average molecular weight is 294 g/mol. The number of carbonyl (C=O) groups is 1. The number of carbonyl (C=O) groups excluding carboxylic acids is 1. The first-order chi connectivity index (χ1) is 8.41. The standard InChI is InChI=1S/C12H23NO5S/c1-7-11(19(15,16)17)8-13(5,6)10(4)18-12(14)9(2)3/h10-11H,2,7-8H2,1,3-6H3/p+1. The molecule has 0 spiro atoms. The maximum Gasteiger partial charge on any atom is 0.337 e. The van der Waals surface area contributed by atoms with Gasteiger partial charge in [-0.05, 0) is 13.3 Å². The topological polar surface area (TPSA) is 80.7 Å². The maximum absolute atomic E-state index is 11.5. The van der Waals surface area contributed by atoms with Gasteiger partial charge < -0.3 is 4.74 Å². The van der Waals surface area contributed by atoms with Gasteiger partial charge in [-0.2, -0.15) is 8.42 Å². The Labute approximate surface area is 115 Å². The van der Waals surface area contributed by atoms with Gasteiger partial charge in [-0.1, -0.05) is 13.5 Å². The molecule has 19 heavy (non-hydrogen) atoms. The lowest BCUT2D eigenvalue weighted by Crippen LogP contribution is -2.54. The van der Waals surface area contributed by atoms with Crippen molar-refractivity contribution in [2.45, 2.75) is 38.7 Å². The van der Waals surface area contributed by atoms with Crippen molar-refractivity contribution in [1.29, 1.82) is 0 Å². The van der Waals surface area contributed by atoms with E-state index in [2.05, 4.69) is 6.58 Å². The van der Waals surface area contributed by atoms with Gasteiger partial charge in [0.25, 0.3) is 10.1 Å². The van der Waals surface area contributed by atoms with Crippen LogP contribution in [0.3, 0.4) is 0 Å². The molecular weight excluding hydrogens is 270 g/mol. The van der Waals surface area contributed by atoms with E-state index in [9.17, 15) is 13.2 Å². The van der Waals surface area contributed by atoms with Crippen molar-refractivity contribution in [2.75, 3.05) is 20.6 Å². The highest BCUT2D eigenvalue weighted by molar-refractivity contribution is 7.86. The van der Waals surface area contributed by atoms with Crippen molar-refractivity contribution in [3.05, 3.63) is 12.2 Å². The minimum Gasteiger partial charge on any atom is -0.409 e. The monoisotopic (exact) mass is 294 g/mol. The van der Waals surface area contributed by atoms with Crippen molar-refractivity contribution in [1.82, 2.24) is 0 Å². The van der Waals surface area contributed by atoms with Crippen LogP contribution in [-0.4, -0.2) is 55.5 Å². The van der Waals surface area contributed by atoms with E-state index in [4.69, 9.17) is 9.29 Å². The Morgan fingerprint density at radius 1 is 1.42 bits per heavy atom. The van der Waals surface area contributed by atoms with E-state index < -0.39 is 27.6 Å². The third-order valence-corrected chi connectivity index (χ3v) is 4.49. The molecule has 0 amide bonds. The third-order valence-electron chi connectivity index (χ3n) is 3.16. The number of hydrogen-bond donors (Lipinski definition) is 1. The largest absolute Gasteiger partial charge is 0.409 e. The minimum absolute atomic E-state index is 0.136. The highest BCUT2D eigenvalue weighted by atomic mass is 32.2. The van der Waals surface area contributed by atoms with Gasteiger partial charge in [-0.25, -0.2) is 4.79 Å². The molecule has 0 aromatic heterocycles. The first-order valence-electron chi connectivity index (χ1n) is 6.07. The number of hydrogen-bond acceptors (Lipinski definition) is 4. The predicted octanol–water partition coefficient (Wildman–Crippen LogP) is 1.19. The van der Waals surface area contributed by atoms with Crippen LogP contribution in [0, 0.1) is 0 Å². The van der Waals surface area contributed by atoms with Crippen LogP contribution < -0.4 is 0 Å². The van der Waals surface area contributed by atoms with Crippen molar-refractivity contribution < 1.29 is 27.0 Å². The molecule has 0 radical (unpaired) electrons. The summed E-state index contributed by atoms with van der Waals surface area (Å²) in [6.07, 6.45) is -0.248. The van der Waals surface area contributed by atoms with Crippen molar-refractivity contribution in [3.63, 3.8) is 0 Å². The molecular formula is C12H24NO5S+. The summed E-state index contributed by atoms with van der Waals surface area (Å²) in [5.41, 5.74) is 0.286. The van der Waals surface area contributed by atoms with Gasteiger partial charge in [0, 0.05) is 12.5 Å². The van der Waals surface area contributed by atoms with Crippen LogP contribution in [0.1, 0.15) is 27.2 Å². The van der Waals surface area contributed by atoms with Crippen LogP contribution >= 0.6 is 0 Å². The summed E-state index contributed by atoms with van der Waals surface area (Å²) in [4.78, 5) is 11.5. The summed E-state index contributed by atoms with van der Waals surface area (Å²) in [5.74, 6) is -0.515. The Balaban J connectivity index is 4.87. The van der Waals surface area contributed by atoms with Crippen LogP contribution in [0.15, 0.2) is 12.2 Å². The highest BCUT2D eigenvalue weighted by Gasteiger charge is 2.35. The summed E-state index contributed by atoms with van der Waals surface area (Å²) in [5, 5.41) is -0.881. The zero-order valence-electron chi connectivity index (χ0n) is 12.2. The second kappa shape index (κ2) is 6.49. The average Bonchev–Trinajstić information content (AvgIpc) is 2.23. The third kappa shape index (κ3) is 5.71. The van der Waals surface area contributed by atoms with Gasteiger partial charge >= 0.3 is 5.97 Å². The van der Waals surface area contributed by atoms with E-state index in [0.717, 1.165) is 0 Å². The molecule has 0 aromatic carbocycles. The predicted molar refractivity (Wildman–Crippen MR) is 73.0 cm³/mol. The molecule has 1 N–H and O–H groups in total. The molecule has 0 rings (SSSR count). The molecule has 0 aliphatic heterocycles. The SMILES string of the molecule is C=C(C)C(=O)OC(C)[N+](C)(C)CC(CC)S(=O)(=O)O. The Kier molecular flexibility index (Phi) is 6.18. The quantitative estimate of drug-likeness (QED) is 0.251. The first-order valence-corrected chi connectivity index (χ1v) is 7.57. The van der Waals surface area contributed by atoms with E-state index >= 15 is 0 Å². The molecule has 0 aliphatic carbocycles. The molecule has 0 bridgehead atoms. The van der Waals surface area contributed by atoms with E-state index in [1.165, 1.54) is 0 Å². The van der Waals surface area contributed by atoms with Crippen LogP contribution in [0.2, 0.25) is 0 Å². The fourth-order valence-corrected chi connectivity index (χ4v) is 2.50. The van der Waals surface area contributed by atoms with Gasteiger partial charge in [0.15, 0.2) is 0 Å². The summed E-state index contributed by atoms with van der Waals surface area (Å²) in [6, 6.07) is 0. The molecule has 2 unspecified atom stereocenters.